The lowest BCUT2D eigenvalue weighted by Crippen LogP contribution is -2.01. The molecule has 7 heavy (non-hydrogen) atoms. The van der Waals surface area contributed by atoms with Crippen LogP contribution in [0.5, 0.6) is 0 Å². The summed E-state index contributed by atoms with van der Waals surface area (Å²) >= 11 is 1.83. The Kier molecular flexibility index (Phi) is 1.18. The lowest BCUT2D eigenvalue weighted by molar-refractivity contribution is 0.513. The van der Waals surface area contributed by atoms with Crippen LogP contribution in [0.25, 0.3) is 0 Å². The molecule has 0 amide bonds. The van der Waals surface area contributed by atoms with Gasteiger partial charge in [-0.3, -0.25) is 0 Å². The molecule has 0 unspecified atom stereocenters. The van der Waals surface area contributed by atoms with Crippen LogP contribution in [0.3, 0.4) is 0 Å². The van der Waals surface area contributed by atoms with Gasteiger partial charge in [-0.05, 0) is 0 Å². The molecule has 0 radical (unpaired) electrons. The fourth-order valence-electron chi connectivity index (χ4n) is 0.253. The SMILES string of the molecule is O=c1occn1I. The van der Waals surface area contributed by atoms with Crippen molar-refractivity contribution in [2.75, 3.05) is 0 Å². The fraction of sp³-hybridized carbons (Fsp3) is 0. The zero-order chi connectivity index (χ0) is 5.28. The van der Waals surface area contributed by atoms with E-state index in [9.17, 15) is 4.79 Å². The number of rotatable bonds is 0. The molecule has 4 heteroatoms. The summed E-state index contributed by atoms with van der Waals surface area (Å²) < 4.78 is 5.70. The fourth-order valence-corrected chi connectivity index (χ4v) is 0.498. The summed E-state index contributed by atoms with van der Waals surface area (Å²) in [7, 11) is 0. The van der Waals surface area contributed by atoms with Crippen LogP contribution in [-0.4, -0.2) is 2.78 Å². The summed E-state index contributed by atoms with van der Waals surface area (Å²) in [5.41, 5.74) is 0. The van der Waals surface area contributed by atoms with E-state index < -0.39 is 0 Å². The molecule has 0 aliphatic carbocycles. The van der Waals surface area contributed by atoms with Gasteiger partial charge in [0, 0.05) is 0 Å². The largest absolute Gasteiger partial charge is 0.427 e. The van der Waals surface area contributed by atoms with Gasteiger partial charge in [-0.2, -0.15) is 0 Å². The average molecular weight is 211 g/mol. The Bertz CT molecular complexity index is 201. The van der Waals surface area contributed by atoms with Crippen molar-refractivity contribution in [2.45, 2.75) is 0 Å². The summed E-state index contributed by atoms with van der Waals surface area (Å²) in [6, 6.07) is 0. The highest BCUT2D eigenvalue weighted by Gasteiger charge is 1.86. The van der Waals surface area contributed by atoms with Gasteiger partial charge in [-0.1, -0.05) is 0 Å². The second-order valence-electron chi connectivity index (χ2n) is 0.980. The molecule has 0 saturated carbocycles. The average Bonchev–Trinajstić information content (AvgIpc) is 1.91. The second kappa shape index (κ2) is 1.69. The van der Waals surface area contributed by atoms with Crippen LogP contribution >= 0.6 is 22.9 Å². The van der Waals surface area contributed by atoms with Crippen LogP contribution < -0.4 is 5.76 Å². The highest BCUT2D eigenvalue weighted by atomic mass is 127. The molecule has 38 valence electrons. The third-order valence-corrected chi connectivity index (χ3v) is 1.25. The maximum Gasteiger partial charge on any atom is 0.427 e. The third kappa shape index (κ3) is 0.846. The third-order valence-electron chi connectivity index (χ3n) is 0.535. The Morgan fingerprint density at radius 1 is 1.86 bits per heavy atom. The van der Waals surface area contributed by atoms with Gasteiger partial charge in [-0.15, -0.1) is 0 Å². The predicted octanol–water partition coefficient (Wildman–Crippen LogP) is 0.639. The standard InChI is InChI=1S/C3H2INO2/c4-5-1-2-7-3(5)6/h1-2H. The van der Waals surface area contributed by atoms with E-state index >= 15 is 0 Å². The van der Waals surface area contributed by atoms with E-state index in [-0.39, 0.29) is 5.76 Å². The molecule has 0 aliphatic rings. The smallest absolute Gasteiger partial charge is 0.416 e. The molecule has 0 spiro atoms. The number of hydrogen-bond acceptors (Lipinski definition) is 2. The highest BCUT2D eigenvalue weighted by molar-refractivity contribution is 14.1. The van der Waals surface area contributed by atoms with Crippen molar-refractivity contribution in [3.63, 3.8) is 0 Å². The number of halogens is 1. The van der Waals surface area contributed by atoms with Crippen molar-refractivity contribution < 1.29 is 4.42 Å². The van der Waals surface area contributed by atoms with E-state index in [1.54, 1.807) is 6.20 Å². The van der Waals surface area contributed by atoms with Crippen LogP contribution in [0.1, 0.15) is 0 Å². The first-order valence-electron chi connectivity index (χ1n) is 1.63. The van der Waals surface area contributed by atoms with Crippen molar-refractivity contribution in [1.29, 1.82) is 0 Å². The highest BCUT2D eigenvalue weighted by Crippen LogP contribution is 1.85. The second-order valence-corrected chi connectivity index (χ2v) is 2.02. The minimum atomic E-state index is -0.333. The van der Waals surface area contributed by atoms with Crippen molar-refractivity contribution in [3.05, 3.63) is 23.0 Å². The molecule has 0 bridgehead atoms. The molecule has 0 atom stereocenters. The van der Waals surface area contributed by atoms with Crippen LogP contribution in [0.2, 0.25) is 0 Å². The zero-order valence-electron chi connectivity index (χ0n) is 3.30. The zero-order valence-corrected chi connectivity index (χ0v) is 5.45. The van der Waals surface area contributed by atoms with Crippen LogP contribution in [0, 0.1) is 0 Å². The van der Waals surface area contributed by atoms with E-state index in [1.165, 1.54) is 9.04 Å². The maximum atomic E-state index is 10.2. The molecule has 1 aromatic heterocycles. The summed E-state index contributed by atoms with van der Waals surface area (Å²) in [6.07, 6.45) is 2.89. The molecule has 0 aromatic carbocycles. The number of oxazole rings is 1. The van der Waals surface area contributed by atoms with Crippen LogP contribution in [0.4, 0.5) is 0 Å². The molecule has 1 heterocycles. The summed E-state index contributed by atoms with van der Waals surface area (Å²) in [4.78, 5) is 10.2. The summed E-state index contributed by atoms with van der Waals surface area (Å²) in [6.45, 7) is 0. The molecule has 3 nitrogen and oxygen atoms in total. The summed E-state index contributed by atoms with van der Waals surface area (Å²) in [5, 5.41) is 0. The Morgan fingerprint density at radius 3 is 2.71 bits per heavy atom. The first-order valence-corrected chi connectivity index (χ1v) is 2.59. The van der Waals surface area contributed by atoms with Crippen molar-refractivity contribution >= 4 is 22.9 Å². The molecule has 0 saturated heterocycles. The Labute approximate surface area is 53.4 Å². The molecule has 0 N–H and O–H groups in total. The predicted molar refractivity (Wildman–Crippen MR) is 32.4 cm³/mol. The van der Waals surface area contributed by atoms with Crippen molar-refractivity contribution in [3.8, 4) is 0 Å². The molecular weight excluding hydrogens is 209 g/mol. The van der Waals surface area contributed by atoms with Gasteiger partial charge >= 0.3 is 5.76 Å². The summed E-state index contributed by atoms with van der Waals surface area (Å²) in [5.74, 6) is -0.333. The lowest BCUT2D eigenvalue weighted by atomic mass is 11.0. The lowest BCUT2D eigenvalue weighted by Gasteiger charge is -1.70. The van der Waals surface area contributed by atoms with Crippen LogP contribution in [0.15, 0.2) is 21.7 Å². The van der Waals surface area contributed by atoms with Gasteiger partial charge in [0.25, 0.3) is 0 Å². The van der Waals surface area contributed by atoms with E-state index in [0.29, 0.717) is 0 Å². The Balaban J connectivity index is 3.39. The van der Waals surface area contributed by atoms with Gasteiger partial charge in [0.15, 0.2) is 0 Å². The quantitative estimate of drug-likeness (QED) is 0.590. The molecular formula is C3H2INO2. The molecule has 1 aromatic rings. The van der Waals surface area contributed by atoms with Crippen molar-refractivity contribution in [2.24, 2.45) is 0 Å². The van der Waals surface area contributed by atoms with Crippen LogP contribution in [-0.2, 0) is 0 Å². The minimum Gasteiger partial charge on any atom is -0.416 e. The maximum absolute atomic E-state index is 10.2. The Morgan fingerprint density at radius 2 is 2.57 bits per heavy atom. The molecule has 1 rings (SSSR count). The number of hydrogen-bond donors (Lipinski definition) is 0. The number of aromatic nitrogens is 1. The first kappa shape index (κ1) is 4.89. The molecule has 0 aliphatic heterocycles. The van der Waals surface area contributed by atoms with E-state index in [4.69, 9.17) is 0 Å². The Hall–Kier alpha value is -0.260. The molecule has 0 fully saturated rings. The van der Waals surface area contributed by atoms with E-state index in [2.05, 4.69) is 4.42 Å². The topological polar surface area (TPSA) is 35.1 Å². The van der Waals surface area contributed by atoms with E-state index in [1.807, 2.05) is 22.9 Å². The van der Waals surface area contributed by atoms with E-state index in [0.717, 1.165) is 0 Å². The normalized spacial score (nSPS) is 9.29. The van der Waals surface area contributed by atoms with Crippen molar-refractivity contribution in [1.82, 2.24) is 2.78 Å². The van der Waals surface area contributed by atoms with Gasteiger partial charge in [-0.25, -0.2) is 7.58 Å². The first-order chi connectivity index (χ1) is 3.30. The van der Waals surface area contributed by atoms with Gasteiger partial charge in [0.1, 0.15) is 6.26 Å². The number of nitrogens with zero attached hydrogens (tertiary/aromatic N) is 1. The van der Waals surface area contributed by atoms with Gasteiger partial charge in [0.05, 0.1) is 29.1 Å². The van der Waals surface area contributed by atoms with Gasteiger partial charge in [0.2, 0.25) is 0 Å². The van der Waals surface area contributed by atoms with Gasteiger partial charge < -0.3 is 4.42 Å². The monoisotopic (exact) mass is 211 g/mol. The minimum absolute atomic E-state index is 0.333.